The largest absolute Gasteiger partial charge is 0.283 e. The van der Waals surface area contributed by atoms with Crippen molar-refractivity contribution < 1.29 is 0 Å². The standard InChI is InChI=1S/C21H22N2OS2/c1-3-11-23-20(24)18-16-10-9-14(2)12-17(16)26-19(18)22-21(23)25-13-15-7-5-4-6-8-15/h3-8,14H,1,9-13H2,2H3/t14-/m1/s1. The van der Waals surface area contributed by atoms with E-state index in [0.717, 1.165) is 40.4 Å². The molecule has 0 unspecified atom stereocenters. The number of allylic oxidation sites excluding steroid dienone is 1. The summed E-state index contributed by atoms with van der Waals surface area (Å²) in [6, 6.07) is 10.3. The summed E-state index contributed by atoms with van der Waals surface area (Å²) in [4.78, 5) is 20.4. The molecule has 134 valence electrons. The lowest BCUT2D eigenvalue weighted by Gasteiger charge is -2.17. The van der Waals surface area contributed by atoms with Gasteiger partial charge in [0, 0.05) is 17.2 Å². The zero-order valence-corrected chi connectivity index (χ0v) is 16.5. The third-order valence-corrected chi connectivity index (χ3v) is 7.10. The van der Waals surface area contributed by atoms with E-state index in [9.17, 15) is 4.79 Å². The van der Waals surface area contributed by atoms with Crippen LogP contribution in [0.5, 0.6) is 0 Å². The van der Waals surface area contributed by atoms with E-state index in [1.165, 1.54) is 16.0 Å². The molecule has 1 atom stereocenters. The predicted molar refractivity (Wildman–Crippen MR) is 111 cm³/mol. The summed E-state index contributed by atoms with van der Waals surface area (Å²) in [6.45, 7) is 6.62. The smallest absolute Gasteiger partial charge is 0.263 e. The van der Waals surface area contributed by atoms with E-state index in [1.807, 2.05) is 18.2 Å². The summed E-state index contributed by atoms with van der Waals surface area (Å²) < 4.78 is 1.79. The van der Waals surface area contributed by atoms with Crippen molar-refractivity contribution in [3.8, 4) is 0 Å². The van der Waals surface area contributed by atoms with Gasteiger partial charge in [-0.1, -0.05) is 55.1 Å². The van der Waals surface area contributed by atoms with E-state index in [-0.39, 0.29) is 5.56 Å². The molecule has 4 rings (SSSR count). The molecule has 5 heteroatoms. The molecule has 0 spiro atoms. The molecule has 2 aromatic heterocycles. The number of rotatable bonds is 5. The maximum Gasteiger partial charge on any atom is 0.263 e. The molecule has 2 heterocycles. The van der Waals surface area contributed by atoms with Crippen LogP contribution in [0.2, 0.25) is 0 Å². The lowest BCUT2D eigenvalue weighted by atomic mass is 9.89. The van der Waals surface area contributed by atoms with Crippen molar-refractivity contribution in [2.24, 2.45) is 5.92 Å². The van der Waals surface area contributed by atoms with Crippen molar-refractivity contribution in [1.29, 1.82) is 0 Å². The lowest BCUT2D eigenvalue weighted by molar-refractivity contribution is 0.509. The Balaban J connectivity index is 1.78. The van der Waals surface area contributed by atoms with Gasteiger partial charge in [-0.3, -0.25) is 9.36 Å². The minimum Gasteiger partial charge on any atom is -0.283 e. The highest BCUT2D eigenvalue weighted by Gasteiger charge is 2.24. The maximum absolute atomic E-state index is 13.2. The summed E-state index contributed by atoms with van der Waals surface area (Å²) in [5, 5.41) is 1.64. The number of thioether (sulfide) groups is 1. The van der Waals surface area contributed by atoms with Crippen LogP contribution < -0.4 is 5.56 Å². The molecule has 0 saturated heterocycles. The van der Waals surface area contributed by atoms with Crippen LogP contribution in [0.4, 0.5) is 0 Å². The van der Waals surface area contributed by atoms with Crippen LogP contribution >= 0.6 is 23.1 Å². The molecule has 0 N–H and O–H groups in total. The van der Waals surface area contributed by atoms with Crippen LogP contribution in [0, 0.1) is 5.92 Å². The van der Waals surface area contributed by atoms with Gasteiger partial charge in [-0.15, -0.1) is 17.9 Å². The highest BCUT2D eigenvalue weighted by molar-refractivity contribution is 7.98. The molecule has 0 saturated carbocycles. The fourth-order valence-corrected chi connectivity index (χ4v) is 5.92. The number of aromatic nitrogens is 2. The molecule has 1 aliphatic rings. The predicted octanol–water partition coefficient (Wildman–Crippen LogP) is 5.06. The van der Waals surface area contributed by atoms with Crippen LogP contribution in [0.15, 0.2) is 52.9 Å². The van der Waals surface area contributed by atoms with Crippen LogP contribution in [0.3, 0.4) is 0 Å². The molecule has 26 heavy (non-hydrogen) atoms. The zero-order valence-electron chi connectivity index (χ0n) is 14.9. The monoisotopic (exact) mass is 382 g/mol. The lowest BCUT2D eigenvalue weighted by Crippen LogP contribution is -2.23. The minimum atomic E-state index is 0.0949. The van der Waals surface area contributed by atoms with E-state index in [1.54, 1.807) is 33.7 Å². The molecule has 0 radical (unpaired) electrons. The number of hydrogen-bond acceptors (Lipinski definition) is 4. The van der Waals surface area contributed by atoms with Crippen molar-refractivity contribution in [2.75, 3.05) is 0 Å². The Morgan fingerprint density at radius 3 is 2.96 bits per heavy atom. The van der Waals surface area contributed by atoms with Crippen molar-refractivity contribution in [3.05, 3.63) is 69.3 Å². The Morgan fingerprint density at radius 1 is 1.38 bits per heavy atom. The number of benzene rings is 1. The van der Waals surface area contributed by atoms with Gasteiger partial charge < -0.3 is 0 Å². The highest BCUT2D eigenvalue weighted by atomic mass is 32.2. The van der Waals surface area contributed by atoms with E-state index in [2.05, 4.69) is 25.6 Å². The van der Waals surface area contributed by atoms with Gasteiger partial charge in [0.2, 0.25) is 0 Å². The van der Waals surface area contributed by atoms with Gasteiger partial charge in [-0.25, -0.2) is 4.98 Å². The number of aryl methyl sites for hydroxylation is 1. The van der Waals surface area contributed by atoms with Gasteiger partial charge in [0.05, 0.1) is 5.39 Å². The van der Waals surface area contributed by atoms with E-state index < -0.39 is 0 Å². The Labute approximate surface area is 161 Å². The first kappa shape index (κ1) is 17.6. The van der Waals surface area contributed by atoms with Crippen LogP contribution in [0.1, 0.15) is 29.3 Å². The van der Waals surface area contributed by atoms with Crippen molar-refractivity contribution in [3.63, 3.8) is 0 Å². The first-order valence-electron chi connectivity index (χ1n) is 9.00. The van der Waals surface area contributed by atoms with Gasteiger partial charge in [0.1, 0.15) is 4.83 Å². The fourth-order valence-electron chi connectivity index (χ4n) is 3.53. The van der Waals surface area contributed by atoms with Crippen molar-refractivity contribution in [1.82, 2.24) is 9.55 Å². The quantitative estimate of drug-likeness (QED) is 0.351. The van der Waals surface area contributed by atoms with Gasteiger partial charge in [0.15, 0.2) is 5.16 Å². The minimum absolute atomic E-state index is 0.0949. The molecule has 1 aliphatic carbocycles. The van der Waals surface area contributed by atoms with E-state index >= 15 is 0 Å². The Morgan fingerprint density at radius 2 is 2.19 bits per heavy atom. The number of hydrogen-bond donors (Lipinski definition) is 0. The van der Waals surface area contributed by atoms with Gasteiger partial charge in [0.25, 0.3) is 5.56 Å². The van der Waals surface area contributed by atoms with Crippen molar-refractivity contribution in [2.45, 2.75) is 43.6 Å². The highest BCUT2D eigenvalue weighted by Crippen LogP contribution is 2.36. The number of fused-ring (bicyclic) bond motifs is 3. The van der Waals surface area contributed by atoms with Crippen LogP contribution in [-0.4, -0.2) is 9.55 Å². The first-order valence-corrected chi connectivity index (χ1v) is 10.8. The Hall–Kier alpha value is -1.85. The second kappa shape index (κ2) is 7.41. The summed E-state index contributed by atoms with van der Waals surface area (Å²) >= 11 is 3.34. The molecule has 0 bridgehead atoms. The van der Waals surface area contributed by atoms with Crippen LogP contribution in [0.25, 0.3) is 10.2 Å². The summed E-state index contributed by atoms with van der Waals surface area (Å²) in [5.41, 5.74) is 2.58. The molecular weight excluding hydrogens is 360 g/mol. The molecule has 0 aliphatic heterocycles. The second-order valence-electron chi connectivity index (χ2n) is 6.90. The summed E-state index contributed by atoms with van der Waals surface area (Å²) in [7, 11) is 0. The topological polar surface area (TPSA) is 34.9 Å². The van der Waals surface area contributed by atoms with Gasteiger partial charge >= 0.3 is 0 Å². The average Bonchev–Trinajstić information content (AvgIpc) is 3.01. The van der Waals surface area contributed by atoms with Gasteiger partial charge in [-0.05, 0) is 36.3 Å². The maximum atomic E-state index is 13.2. The second-order valence-corrected chi connectivity index (χ2v) is 8.93. The Bertz CT molecular complexity index is 1000. The molecule has 3 aromatic rings. The van der Waals surface area contributed by atoms with E-state index in [0.29, 0.717) is 12.5 Å². The number of nitrogens with zero attached hydrogens (tertiary/aromatic N) is 2. The Kier molecular flexibility index (Phi) is 5.00. The normalized spacial score (nSPS) is 16.6. The molecular formula is C21H22N2OS2. The summed E-state index contributed by atoms with van der Waals surface area (Å²) in [5.74, 6) is 1.50. The third kappa shape index (κ3) is 3.26. The fraction of sp³-hybridized carbons (Fsp3) is 0.333. The molecule has 3 nitrogen and oxygen atoms in total. The van der Waals surface area contributed by atoms with E-state index in [4.69, 9.17) is 4.98 Å². The number of thiophene rings is 1. The van der Waals surface area contributed by atoms with Gasteiger partial charge in [-0.2, -0.15) is 0 Å². The molecule has 1 aromatic carbocycles. The van der Waals surface area contributed by atoms with Crippen LogP contribution in [-0.2, 0) is 25.1 Å². The van der Waals surface area contributed by atoms with Crippen molar-refractivity contribution >= 4 is 33.3 Å². The summed E-state index contributed by atoms with van der Waals surface area (Å²) in [6.07, 6.45) is 5.01. The zero-order chi connectivity index (χ0) is 18.1. The first-order chi connectivity index (χ1) is 12.7. The molecule has 0 amide bonds. The third-order valence-electron chi connectivity index (χ3n) is 4.90. The molecule has 0 fully saturated rings. The average molecular weight is 383 g/mol. The SMILES string of the molecule is C=CCn1c(SCc2ccccc2)nc2sc3c(c2c1=O)CC[C@@H](C)C3.